The van der Waals surface area contributed by atoms with Crippen LogP contribution in [0.1, 0.15) is 25.7 Å². The molecule has 3 nitrogen and oxygen atoms in total. The molecule has 18 heavy (non-hydrogen) atoms. The van der Waals surface area contributed by atoms with Crippen molar-refractivity contribution in [3.8, 4) is 0 Å². The molecule has 0 heterocycles. The molecular formula is C10H18ClF3N2OS. The van der Waals surface area contributed by atoms with Crippen molar-refractivity contribution in [3.63, 3.8) is 0 Å². The largest absolute Gasteiger partial charge is 0.441 e. The lowest BCUT2D eigenvalue weighted by Gasteiger charge is -2.14. The van der Waals surface area contributed by atoms with Gasteiger partial charge in [0.25, 0.3) is 0 Å². The quantitative estimate of drug-likeness (QED) is 0.766. The number of alkyl halides is 3. The maximum absolute atomic E-state index is 11.8. The van der Waals surface area contributed by atoms with E-state index in [1.165, 1.54) is 0 Å². The van der Waals surface area contributed by atoms with E-state index in [0.29, 0.717) is 6.42 Å². The molecule has 1 rings (SSSR count). The molecule has 0 aromatic rings. The minimum atomic E-state index is -4.22. The van der Waals surface area contributed by atoms with Crippen LogP contribution in [0.3, 0.4) is 0 Å². The molecule has 1 amide bonds. The highest BCUT2D eigenvalue weighted by Crippen LogP contribution is 2.29. The van der Waals surface area contributed by atoms with Crippen LogP contribution in [0.2, 0.25) is 0 Å². The van der Waals surface area contributed by atoms with Gasteiger partial charge in [-0.15, -0.1) is 12.4 Å². The van der Waals surface area contributed by atoms with Crippen LogP contribution in [-0.2, 0) is 4.79 Å². The number of amides is 1. The Morgan fingerprint density at radius 3 is 2.56 bits per heavy atom. The van der Waals surface area contributed by atoms with Gasteiger partial charge in [0.2, 0.25) is 5.91 Å². The maximum Gasteiger partial charge on any atom is 0.441 e. The van der Waals surface area contributed by atoms with Crippen LogP contribution in [0, 0.1) is 5.92 Å². The summed E-state index contributed by atoms with van der Waals surface area (Å²) >= 11 is -0.121. The lowest BCUT2D eigenvalue weighted by atomic mass is 10.00. The summed E-state index contributed by atoms with van der Waals surface area (Å²) in [6, 6.07) is 0.0605. The number of carbonyl (C=O) groups is 1. The first kappa shape index (κ1) is 17.9. The van der Waals surface area contributed by atoms with E-state index in [9.17, 15) is 18.0 Å². The summed E-state index contributed by atoms with van der Waals surface area (Å²) < 4.78 is 35.4. The third-order valence-corrected chi connectivity index (χ3v) is 3.59. The van der Waals surface area contributed by atoms with Crippen LogP contribution >= 0.6 is 24.2 Å². The number of hydrogen-bond acceptors (Lipinski definition) is 3. The monoisotopic (exact) mass is 306 g/mol. The van der Waals surface area contributed by atoms with Crippen molar-refractivity contribution >= 4 is 30.1 Å². The molecule has 3 N–H and O–H groups in total. The van der Waals surface area contributed by atoms with Crippen molar-refractivity contribution in [2.75, 3.05) is 12.3 Å². The SMILES string of the molecule is Cl.N[C@@H]1CCC[C@H]1CC(=O)NCCSC(F)(F)F. The second-order valence-corrected chi connectivity index (χ2v) is 5.36. The van der Waals surface area contributed by atoms with Gasteiger partial charge in [0.15, 0.2) is 0 Å². The average Bonchev–Trinajstić information content (AvgIpc) is 2.58. The van der Waals surface area contributed by atoms with Gasteiger partial charge >= 0.3 is 5.51 Å². The first-order valence-electron chi connectivity index (χ1n) is 5.61. The van der Waals surface area contributed by atoms with Gasteiger partial charge in [0.05, 0.1) is 0 Å². The van der Waals surface area contributed by atoms with Gasteiger partial charge in [0, 0.05) is 24.8 Å². The highest BCUT2D eigenvalue weighted by atomic mass is 35.5. The second-order valence-electron chi connectivity index (χ2n) is 4.20. The van der Waals surface area contributed by atoms with Crippen molar-refractivity contribution in [1.82, 2.24) is 5.32 Å². The topological polar surface area (TPSA) is 55.1 Å². The molecule has 0 radical (unpaired) electrons. The molecule has 1 aliphatic carbocycles. The number of hydrogen-bond donors (Lipinski definition) is 2. The van der Waals surface area contributed by atoms with Crippen LogP contribution in [0.5, 0.6) is 0 Å². The highest BCUT2D eigenvalue weighted by molar-refractivity contribution is 8.00. The van der Waals surface area contributed by atoms with Gasteiger partial charge in [-0.2, -0.15) is 13.2 Å². The van der Waals surface area contributed by atoms with Crippen molar-refractivity contribution < 1.29 is 18.0 Å². The summed E-state index contributed by atoms with van der Waals surface area (Å²) in [5, 5.41) is 2.49. The van der Waals surface area contributed by atoms with E-state index in [1.807, 2.05) is 0 Å². The van der Waals surface area contributed by atoms with Gasteiger partial charge in [-0.1, -0.05) is 6.42 Å². The van der Waals surface area contributed by atoms with Crippen LogP contribution in [0.15, 0.2) is 0 Å². The fraction of sp³-hybridized carbons (Fsp3) is 0.900. The zero-order valence-corrected chi connectivity index (χ0v) is 11.5. The number of nitrogens with two attached hydrogens (primary N) is 1. The Balaban J connectivity index is 0.00000289. The van der Waals surface area contributed by atoms with Gasteiger partial charge < -0.3 is 11.1 Å². The summed E-state index contributed by atoms with van der Waals surface area (Å²) in [7, 11) is 0. The Morgan fingerprint density at radius 2 is 2.06 bits per heavy atom. The third kappa shape index (κ3) is 7.33. The Bertz CT molecular complexity index is 266. The molecule has 0 unspecified atom stereocenters. The molecule has 0 spiro atoms. The number of thioether (sulfide) groups is 1. The zero-order chi connectivity index (χ0) is 12.9. The van der Waals surface area contributed by atoms with Crippen molar-refractivity contribution in [1.29, 1.82) is 0 Å². The minimum absolute atomic E-state index is 0. The van der Waals surface area contributed by atoms with Gasteiger partial charge in [-0.3, -0.25) is 4.79 Å². The van der Waals surface area contributed by atoms with Crippen LogP contribution < -0.4 is 11.1 Å². The molecule has 108 valence electrons. The van der Waals surface area contributed by atoms with E-state index in [2.05, 4.69) is 5.32 Å². The van der Waals surface area contributed by atoms with E-state index in [-0.39, 0.29) is 54.3 Å². The van der Waals surface area contributed by atoms with Crippen molar-refractivity contribution in [2.45, 2.75) is 37.2 Å². The predicted octanol–water partition coefficient (Wildman–Crippen LogP) is 2.29. The molecular weight excluding hydrogens is 289 g/mol. The summed E-state index contributed by atoms with van der Waals surface area (Å²) in [6.45, 7) is 0.0466. The Kier molecular flexibility index (Phi) is 8.05. The highest BCUT2D eigenvalue weighted by Gasteiger charge is 2.28. The molecule has 0 saturated heterocycles. The molecule has 1 saturated carbocycles. The molecule has 0 bridgehead atoms. The fourth-order valence-electron chi connectivity index (χ4n) is 1.99. The van der Waals surface area contributed by atoms with Crippen LogP contribution in [0.4, 0.5) is 13.2 Å². The van der Waals surface area contributed by atoms with E-state index in [0.717, 1.165) is 19.3 Å². The summed E-state index contributed by atoms with van der Waals surface area (Å²) in [4.78, 5) is 11.4. The minimum Gasteiger partial charge on any atom is -0.355 e. The van der Waals surface area contributed by atoms with Gasteiger partial charge in [0.1, 0.15) is 0 Å². The first-order chi connectivity index (χ1) is 7.88. The average molecular weight is 307 g/mol. The first-order valence-corrected chi connectivity index (χ1v) is 6.60. The Labute approximate surface area is 115 Å². The van der Waals surface area contributed by atoms with Crippen LogP contribution in [-0.4, -0.2) is 29.8 Å². The maximum atomic E-state index is 11.8. The molecule has 0 aliphatic heterocycles. The Hall–Kier alpha value is -0.140. The summed E-state index contributed by atoms with van der Waals surface area (Å²) in [6.07, 6.45) is 3.23. The zero-order valence-electron chi connectivity index (χ0n) is 9.83. The third-order valence-electron chi connectivity index (χ3n) is 2.86. The number of carbonyl (C=O) groups excluding carboxylic acids is 1. The van der Waals surface area contributed by atoms with Crippen molar-refractivity contribution in [3.05, 3.63) is 0 Å². The van der Waals surface area contributed by atoms with Crippen LogP contribution in [0.25, 0.3) is 0 Å². The number of halogens is 4. The molecule has 2 atom stereocenters. The second kappa shape index (κ2) is 8.12. The summed E-state index contributed by atoms with van der Waals surface area (Å²) in [5.41, 5.74) is 1.58. The molecule has 0 aromatic carbocycles. The Morgan fingerprint density at radius 1 is 1.39 bits per heavy atom. The van der Waals surface area contributed by atoms with E-state index < -0.39 is 5.51 Å². The summed E-state index contributed by atoms with van der Waals surface area (Å²) in [5.74, 6) is -0.160. The van der Waals surface area contributed by atoms with Crippen molar-refractivity contribution in [2.24, 2.45) is 11.7 Å². The predicted molar refractivity (Wildman–Crippen MR) is 68.7 cm³/mol. The van der Waals surface area contributed by atoms with Gasteiger partial charge in [-0.25, -0.2) is 0 Å². The smallest absolute Gasteiger partial charge is 0.355 e. The normalized spacial score (nSPS) is 23.6. The van der Waals surface area contributed by atoms with E-state index in [4.69, 9.17) is 5.73 Å². The molecule has 0 aromatic heterocycles. The van der Waals surface area contributed by atoms with Gasteiger partial charge in [-0.05, 0) is 30.5 Å². The standard InChI is InChI=1S/C10H17F3N2OS.ClH/c11-10(12,13)17-5-4-15-9(16)6-7-2-1-3-8(7)14;/h7-8H,1-6,14H2,(H,15,16);1H/t7-,8+;/m0./s1. The molecule has 1 aliphatic rings. The molecule has 8 heteroatoms. The van der Waals surface area contributed by atoms with E-state index in [1.54, 1.807) is 0 Å². The fourth-order valence-corrected chi connectivity index (χ4v) is 2.42. The number of nitrogens with one attached hydrogen (secondary N) is 1. The van der Waals surface area contributed by atoms with E-state index >= 15 is 0 Å². The number of rotatable bonds is 5. The lowest BCUT2D eigenvalue weighted by molar-refractivity contribution is -0.122. The lowest BCUT2D eigenvalue weighted by Crippen LogP contribution is -2.32. The molecule has 1 fully saturated rings.